The maximum Gasteiger partial charge on any atom is 0.416 e. The van der Waals surface area contributed by atoms with Crippen molar-refractivity contribution in [1.29, 1.82) is 0 Å². The van der Waals surface area contributed by atoms with Crippen LogP contribution in [0.1, 0.15) is 21.5 Å². The number of phenolic OH excluding ortho intramolecular Hbond substituents is 1. The maximum absolute atomic E-state index is 13.2. The number of aromatic hydroxyl groups is 1. The fraction of sp³-hybridized carbons (Fsp3) is 0.500. The van der Waals surface area contributed by atoms with E-state index in [9.17, 15) is 23.1 Å². The number of alkyl halides is 3. The molecule has 0 atom stereocenters. The summed E-state index contributed by atoms with van der Waals surface area (Å²) in [5.74, 6) is -1.54. The Bertz CT molecular complexity index is 554. The molecule has 0 bridgehead atoms. The first-order chi connectivity index (χ1) is 10.3. The van der Waals surface area contributed by atoms with Gasteiger partial charge in [0, 0.05) is 19.6 Å². The number of benzene rings is 1. The molecule has 5 nitrogen and oxygen atoms in total. The first-order valence-corrected chi connectivity index (χ1v) is 6.64. The van der Waals surface area contributed by atoms with E-state index in [0.717, 1.165) is 13.2 Å². The van der Waals surface area contributed by atoms with Crippen LogP contribution in [0.3, 0.4) is 0 Å². The molecule has 1 aliphatic heterocycles. The summed E-state index contributed by atoms with van der Waals surface area (Å²) in [4.78, 5) is 13.2. The van der Waals surface area contributed by atoms with E-state index in [1.165, 1.54) is 0 Å². The first kappa shape index (κ1) is 16.6. The summed E-state index contributed by atoms with van der Waals surface area (Å²) in [5.41, 5.74) is -1.53. The number of hydrogen-bond donors (Lipinski definition) is 1. The predicted molar refractivity (Wildman–Crippen MR) is 70.5 cm³/mol. The Morgan fingerprint density at radius 3 is 2.55 bits per heavy atom. The van der Waals surface area contributed by atoms with Crippen LogP contribution in [0.15, 0.2) is 12.1 Å². The molecular weight excluding hydrogens is 303 g/mol. The molecule has 1 fully saturated rings. The van der Waals surface area contributed by atoms with Gasteiger partial charge < -0.3 is 14.6 Å². The average Bonchev–Trinajstić information content (AvgIpc) is 2.46. The zero-order chi connectivity index (χ0) is 16.3. The minimum absolute atomic E-state index is 0.0210. The van der Waals surface area contributed by atoms with Crippen molar-refractivity contribution >= 4 is 5.97 Å². The standard InChI is InChI=1S/C14H16F3NO4/c1-21-13(20)10-7-11(14(15,16)17)9(6-12(10)19)8-18-2-4-22-5-3-18/h6-7,19H,2-5,8H2,1H3. The van der Waals surface area contributed by atoms with E-state index in [2.05, 4.69) is 4.74 Å². The molecule has 0 spiro atoms. The van der Waals surface area contributed by atoms with Gasteiger partial charge in [0.1, 0.15) is 11.3 Å². The van der Waals surface area contributed by atoms with Gasteiger partial charge in [0.15, 0.2) is 0 Å². The third-order valence-electron chi connectivity index (χ3n) is 3.43. The Morgan fingerprint density at radius 2 is 2.00 bits per heavy atom. The van der Waals surface area contributed by atoms with Gasteiger partial charge in [-0.25, -0.2) is 4.79 Å². The van der Waals surface area contributed by atoms with E-state index in [4.69, 9.17) is 4.74 Å². The normalized spacial score (nSPS) is 16.5. The lowest BCUT2D eigenvalue weighted by Gasteiger charge is -2.28. The van der Waals surface area contributed by atoms with Gasteiger partial charge in [-0.15, -0.1) is 0 Å². The number of esters is 1. The highest BCUT2D eigenvalue weighted by Crippen LogP contribution is 2.36. The number of morpholine rings is 1. The van der Waals surface area contributed by atoms with Gasteiger partial charge in [-0.05, 0) is 17.7 Å². The number of carbonyl (C=O) groups is 1. The van der Waals surface area contributed by atoms with Crippen molar-refractivity contribution in [3.8, 4) is 5.75 Å². The molecule has 0 radical (unpaired) electrons. The second kappa shape index (κ2) is 6.53. The topological polar surface area (TPSA) is 59.0 Å². The van der Waals surface area contributed by atoms with E-state index in [-0.39, 0.29) is 12.1 Å². The van der Waals surface area contributed by atoms with E-state index >= 15 is 0 Å². The van der Waals surface area contributed by atoms with Gasteiger partial charge in [0.25, 0.3) is 0 Å². The molecule has 1 heterocycles. The van der Waals surface area contributed by atoms with Gasteiger partial charge in [0.05, 0.1) is 25.9 Å². The van der Waals surface area contributed by atoms with Crippen LogP contribution < -0.4 is 0 Å². The number of halogens is 3. The summed E-state index contributed by atoms with van der Waals surface area (Å²) in [6.45, 7) is 1.95. The van der Waals surface area contributed by atoms with Crippen molar-refractivity contribution in [3.63, 3.8) is 0 Å². The van der Waals surface area contributed by atoms with Gasteiger partial charge in [-0.1, -0.05) is 0 Å². The zero-order valence-electron chi connectivity index (χ0n) is 11.9. The number of methoxy groups -OCH3 is 1. The summed E-state index contributed by atoms with van der Waals surface area (Å²) in [7, 11) is 1.04. The van der Waals surface area contributed by atoms with Crippen LogP contribution in [-0.4, -0.2) is 49.4 Å². The highest BCUT2D eigenvalue weighted by atomic mass is 19.4. The van der Waals surface area contributed by atoms with E-state index in [1.807, 2.05) is 0 Å². The summed E-state index contributed by atoms with van der Waals surface area (Å²) in [6, 6.07) is 1.61. The fourth-order valence-corrected chi connectivity index (χ4v) is 2.30. The highest BCUT2D eigenvalue weighted by molar-refractivity contribution is 5.92. The molecule has 1 N–H and O–H groups in total. The molecule has 0 unspecified atom stereocenters. The van der Waals surface area contributed by atoms with Crippen LogP contribution in [-0.2, 0) is 22.2 Å². The number of carbonyl (C=O) groups excluding carboxylic acids is 1. The average molecular weight is 319 g/mol. The number of ether oxygens (including phenoxy) is 2. The molecule has 2 rings (SSSR count). The molecule has 1 aromatic rings. The largest absolute Gasteiger partial charge is 0.507 e. The summed E-state index contributed by atoms with van der Waals surface area (Å²) in [6.07, 6.45) is -4.63. The summed E-state index contributed by atoms with van der Waals surface area (Å²) >= 11 is 0. The number of hydrogen-bond acceptors (Lipinski definition) is 5. The third kappa shape index (κ3) is 3.69. The Kier molecular flexibility index (Phi) is 4.92. The van der Waals surface area contributed by atoms with E-state index in [0.29, 0.717) is 32.4 Å². The third-order valence-corrected chi connectivity index (χ3v) is 3.43. The molecule has 1 aromatic carbocycles. The Labute approximate surface area is 125 Å². The Hall–Kier alpha value is -1.80. The molecule has 8 heteroatoms. The molecule has 0 aliphatic carbocycles. The van der Waals surface area contributed by atoms with Gasteiger partial charge >= 0.3 is 12.1 Å². The molecule has 0 amide bonds. The smallest absolute Gasteiger partial charge is 0.416 e. The van der Waals surface area contributed by atoms with E-state index < -0.39 is 29.0 Å². The second-order valence-corrected chi connectivity index (χ2v) is 4.90. The number of phenols is 1. The minimum Gasteiger partial charge on any atom is -0.507 e. The van der Waals surface area contributed by atoms with Gasteiger partial charge in [-0.3, -0.25) is 4.90 Å². The highest BCUT2D eigenvalue weighted by Gasteiger charge is 2.35. The predicted octanol–water partition coefficient (Wildman–Crippen LogP) is 2.03. The molecular formula is C14H16F3NO4. The van der Waals surface area contributed by atoms with Crippen LogP contribution in [0, 0.1) is 0 Å². The lowest BCUT2D eigenvalue weighted by atomic mass is 10.0. The zero-order valence-corrected chi connectivity index (χ0v) is 11.9. The monoisotopic (exact) mass is 319 g/mol. The van der Waals surface area contributed by atoms with Crippen molar-refractivity contribution in [3.05, 3.63) is 28.8 Å². The fourth-order valence-electron chi connectivity index (χ4n) is 2.30. The molecule has 0 aromatic heterocycles. The first-order valence-electron chi connectivity index (χ1n) is 6.64. The van der Waals surface area contributed by atoms with Crippen molar-refractivity contribution in [1.82, 2.24) is 4.90 Å². The number of rotatable bonds is 3. The lowest BCUT2D eigenvalue weighted by molar-refractivity contribution is -0.138. The van der Waals surface area contributed by atoms with Crippen molar-refractivity contribution in [2.45, 2.75) is 12.7 Å². The SMILES string of the molecule is COC(=O)c1cc(C(F)(F)F)c(CN2CCOCC2)cc1O. The minimum atomic E-state index is -4.63. The van der Waals surface area contributed by atoms with Crippen LogP contribution in [0.5, 0.6) is 5.75 Å². The summed E-state index contributed by atoms with van der Waals surface area (Å²) < 4.78 is 49.1. The quantitative estimate of drug-likeness (QED) is 0.864. The van der Waals surface area contributed by atoms with Gasteiger partial charge in [0.2, 0.25) is 0 Å². The maximum atomic E-state index is 13.2. The summed E-state index contributed by atoms with van der Waals surface area (Å²) in [5, 5.41) is 9.80. The van der Waals surface area contributed by atoms with Crippen LogP contribution in [0.4, 0.5) is 13.2 Å². The lowest BCUT2D eigenvalue weighted by Crippen LogP contribution is -2.36. The van der Waals surface area contributed by atoms with Gasteiger partial charge in [-0.2, -0.15) is 13.2 Å². The molecule has 1 saturated heterocycles. The Balaban J connectivity index is 2.38. The van der Waals surface area contributed by atoms with Crippen LogP contribution in [0.2, 0.25) is 0 Å². The Morgan fingerprint density at radius 1 is 1.36 bits per heavy atom. The second-order valence-electron chi connectivity index (χ2n) is 4.90. The van der Waals surface area contributed by atoms with Crippen molar-refractivity contribution in [2.75, 3.05) is 33.4 Å². The molecule has 0 saturated carbocycles. The van der Waals surface area contributed by atoms with Crippen molar-refractivity contribution < 1.29 is 32.5 Å². The molecule has 1 aliphatic rings. The van der Waals surface area contributed by atoms with Crippen molar-refractivity contribution in [2.24, 2.45) is 0 Å². The molecule has 122 valence electrons. The number of nitrogens with zero attached hydrogens (tertiary/aromatic N) is 1. The van der Waals surface area contributed by atoms with E-state index in [1.54, 1.807) is 4.90 Å². The van der Waals surface area contributed by atoms with Crippen LogP contribution >= 0.6 is 0 Å². The molecule has 22 heavy (non-hydrogen) atoms. The van der Waals surface area contributed by atoms with Crippen LogP contribution in [0.25, 0.3) is 0 Å².